The van der Waals surface area contributed by atoms with Gasteiger partial charge in [0.2, 0.25) is 0 Å². The lowest BCUT2D eigenvalue weighted by atomic mass is 9.96. The zero-order valence-corrected chi connectivity index (χ0v) is 10.1. The Morgan fingerprint density at radius 2 is 1.81 bits per heavy atom. The third kappa shape index (κ3) is 2.44. The highest BCUT2D eigenvalue weighted by Gasteiger charge is 2.31. The van der Waals surface area contributed by atoms with Crippen molar-refractivity contribution in [3.8, 4) is 0 Å². The standard InChI is InChI=1S/C12H18N2O2/c1-4-12(5-2,16-6-3)11-13-7-10(9-15)8-14-11/h7-9H,4-6H2,1-3H3. The van der Waals surface area contributed by atoms with Crippen LogP contribution in [0.15, 0.2) is 12.4 Å². The molecule has 0 aliphatic carbocycles. The van der Waals surface area contributed by atoms with Gasteiger partial charge in [-0.25, -0.2) is 9.97 Å². The van der Waals surface area contributed by atoms with E-state index in [4.69, 9.17) is 4.74 Å². The van der Waals surface area contributed by atoms with Crippen molar-refractivity contribution in [2.24, 2.45) is 0 Å². The number of carbonyl (C=O) groups is 1. The van der Waals surface area contributed by atoms with E-state index in [1.165, 1.54) is 12.4 Å². The Morgan fingerprint density at radius 3 is 2.19 bits per heavy atom. The molecule has 0 bridgehead atoms. The van der Waals surface area contributed by atoms with E-state index < -0.39 is 5.60 Å². The molecule has 0 amide bonds. The van der Waals surface area contributed by atoms with E-state index in [0.717, 1.165) is 19.1 Å². The summed E-state index contributed by atoms with van der Waals surface area (Å²) in [7, 11) is 0. The summed E-state index contributed by atoms with van der Waals surface area (Å²) in [4.78, 5) is 19.0. The van der Waals surface area contributed by atoms with E-state index in [1.807, 2.05) is 6.92 Å². The van der Waals surface area contributed by atoms with Gasteiger partial charge >= 0.3 is 0 Å². The van der Waals surface area contributed by atoms with Crippen LogP contribution in [0.5, 0.6) is 0 Å². The Labute approximate surface area is 96.1 Å². The van der Waals surface area contributed by atoms with Crippen LogP contribution in [0.4, 0.5) is 0 Å². The lowest BCUT2D eigenvalue weighted by molar-refractivity contribution is -0.0571. The maximum atomic E-state index is 10.5. The van der Waals surface area contributed by atoms with Gasteiger partial charge < -0.3 is 4.74 Å². The van der Waals surface area contributed by atoms with Crippen molar-refractivity contribution < 1.29 is 9.53 Å². The largest absolute Gasteiger partial charge is 0.367 e. The third-order valence-corrected chi connectivity index (χ3v) is 2.78. The minimum Gasteiger partial charge on any atom is -0.367 e. The van der Waals surface area contributed by atoms with Crippen LogP contribution >= 0.6 is 0 Å². The molecule has 0 saturated carbocycles. The number of rotatable bonds is 6. The van der Waals surface area contributed by atoms with Crippen molar-refractivity contribution in [3.63, 3.8) is 0 Å². The van der Waals surface area contributed by atoms with Crippen molar-refractivity contribution in [3.05, 3.63) is 23.8 Å². The van der Waals surface area contributed by atoms with E-state index in [1.54, 1.807) is 0 Å². The Bertz CT molecular complexity index is 331. The molecule has 16 heavy (non-hydrogen) atoms. The number of aromatic nitrogens is 2. The highest BCUT2D eigenvalue weighted by molar-refractivity contribution is 5.73. The summed E-state index contributed by atoms with van der Waals surface area (Å²) in [6.45, 7) is 6.69. The second-order valence-corrected chi connectivity index (χ2v) is 3.59. The summed E-state index contributed by atoms with van der Waals surface area (Å²) in [5.41, 5.74) is 0.0669. The summed E-state index contributed by atoms with van der Waals surface area (Å²) >= 11 is 0. The Morgan fingerprint density at radius 1 is 1.25 bits per heavy atom. The quantitative estimate of drug-likeness (QED) is 0.693. The zero-order chi connectivity index (χ0) is 12.0. The predicted octanol–water partition coefficient (Wildman–Crippen LogP) is 2.34. The van der Waals surface area contributed by atoms with E-state index in [-0.39, 0.29) is 0 Å². The van der Waals surface area contributed by atoms with Gasteiger partial charge in [0.05, 0.1) is 5.56 Å². The fraction of sp³-hybridized carbons (Fsp3) is 0.583. The number of ether oxygens (including phenoxy) is 1. The molecular weight excluding hydrogens is 204 g/mol. The van der Waals surface area contributed by atoms with Crippen LogP contribution in [0.25, 0.3) is 0 Å². The minimum atomic E-state index is -0.420. The van der Waals surface area contributed by atoms with E-state index in [9.17, 15) is 4.79 Å². The van der Waals surface area contributed by atoms with Crippen LogP contribution in [0.1, 0.15) is 49.8 Å². The van der Waals surface area contributed by atoms with Gasteiger partial charge in [-0.1, -0.05) is 13.8 Å². The van der Waals surface area contributed by atoms with Crippen molar-refractivity contribution >= 4 is 6.29 Å². The molecule has 4 heteroatoms. The first-order valence-corrected chi connectivity index (χ1v) is 5.64. The Hall–Kier alpha value is -1.29. The Balaban J connectivity index is 3.04. The minimum absolute atomic E-state index is 0.420. The molecule has 0 aromatic carbocycles. The molecule has 1 rings (SSSR count). The van der Waals surface area contributed by atoms with Crippen molar-refractivity contribution in [1.82, 2.24) is 9.97 Å². The number of nitrogens with zero attached hydrogens (tertiary/aromatic N) is 2. The first-order chi connectivity index (χ1) is 7.72. The van der Waals surface area contributed by atoms with E-state index in [0.29, 0.717) is 18.0 Å². The van der Waals surface area contributed by atoms with Gasteiger partial charge in [0.15, 0.2) is 12.1 Å². The summed E-state index contributed by atoms with van der Waals surface area (Å²) in [6, 6.07) is 0. The van der Waals surface area contributed by atoms with Crippen LogP contribution in [0, 0.1) is 0 Å². The maximum absolute atomic E-state index is 10.5. The SMILES string of the molecule is CCOC(CC)(CC)c1ncc(C=O)cn1. The summed E-state index contributed by atoms with van der Waals surface area (Å²) in [5.74, 6) is 0.657. The third-order valence-electron chi connectivity index (χ3n) is 2.78. The molecule has 0 atom stereocenters. The first kappa shape index (κ1) is 12.8. The van der Waals surface area contributed by atoms with Crippen molar-refractivity contribution in [2.45, 2.75) is 39.2 Å². The summed E-state index contributed by atoms with van der Waals surface area (Å²) < 4.78 is 5.77. The van der Waals surface area contributed by atoms with Crippen molar-refractivity contribution in [2.75, 3.05) is 6.61 Å². The van der Waals surface area contributed by atoms with Gasteiger partial charge in [-0.3, -0.25) is 4.79 Å². The molecule has 0 spiro atoms. The van der Waals surface area contributed by atoms with Crippen LogP contribution in [-0.4, -0.2) is 22.9 Å². The lowest BCUT2D eigenvalue weighted by Gasteiger charge is -2.29. The van der Waals surface area contributed by atoms with E-state index in [2.05, 4.69) is 23.8 Å². The highest BCUT2D eigenvalue weighted by atomic mass is 16.5. The Kier molecular flexibility index (Phi) is 4.55. The van der Waals surface area contributed by atoms with Gasteiger partial charge in [0, 0.05) is 19.0 Å². The first-order valence-electron chi connectivity index (χ1n) is 5.64. The fourth-order valence-electron chi connectivity index (χ4n) is 1.75. The summed E-state index contributed by atoms with van der Waals surface area (Å²) in [5, 5.41) is 0. The van der Waals surface area contributed by atoms with Gasteiger partial charge in [0.1, 0.15) is 5.60 Å². The van der Waals surface area contributed by atoms with Gasteiger partial charge in [-0.15, -0.1) is 0 Å². The smallest absolute Gasteiger partial charge is 0.160 e. The molecule has 1 aromatic heterocycles. The van der Waals surface area contributed by atoms with Crippen LogP contribution in [0.3, 0.4) is 0 Å². The van der Waals surface area contributed by atoms with Gasteiger partial charge in [-0.05, 0) is 19.8 Å². The molecule has 0 N–H and O–H groups in total. The summed E-state index contributed by atoms with van der Waals surface area (Å²) in [6.07, 6.45) is 5.45. The molecule has 1 aromatic rings. The zero-order valence-electron chi connectivity index (χ0n) is 10.1. The molecular formula is C12H18N2O2. The average molecular weight is 222 g/mol. The molecule has 0 radical (unpaired) electrons. The molecule has 0 aliphatic heterocycles. The van der Waals surface area contributed by atoms with Gasteiger partial charge in [-0.2, -0.15) is 0 Å². The monoisotopic (exact) mass is 222 g/mol. The second-order valence-electron chi connectivity index (χ2n) is 3.59. The fourth-order valence-corrected chi connectivity index (χ4v) is 1.75. The molecule has 1 heterocycles. The number of aldehydes is 1. The molecule has 88 valence electrons. The normalized spacial score (nSPS) is 11.4. The topological polar surface area (TPSA) is 52.1 Å². The van der Waals surface area contributed by atoms with Crippen LogP contribution in [0.2, 0.25) is 0 Å². The molecule has 0 saturated heterocycles. The molecule has 0 aliphatic rings. The number of carbonyl (C=O) groups excluding carboxylic acids is 1. The van der Waals surface area contributed by atoms with E-state index >= 15 is 0 Å². The van der Waals surface area contributed by atoms with Crippen LogP contribution < -0.4 is 0 Å². The van der Waals surface area contributed by atoms with Crippen LogP contribution in [-0.2, 0) is 10.3 Å². The maximum Gasteiger partial charge on any atom is 0.160 e. The second kappa shape index (κ2) is 5.70. The molecule has 4 nitrogen and oxygen atoms in total. The molecule has 0 fully saturated rings. The van der Waals surface area contributed by atoms with Crippen molar-refractivity contribution in [1.29, 1.82) is 0 Å². The molecule has 0 unspecified atom stereocenters. The van der Waals surface area contributed by atoms with Gasteiger partial charge in [0.25, 0.3) is 0 Å². The number of hydrogen-bond acceptors (Lipinski definition) is 4. The lowest BCUT2D eigenvalue weighted by Crippen LogP contribution is -2.30. The number of hydrogen-bond donors (Lipinski definition) is 0. The predicted molar refractivity (Wildman–Crippen MR) is 61.3 cm³/mol. The average Bonchev–Trinajstić information content (AvgIpc) is 2.36. The highest BCUT2D eigenvalue weighted by Crippen LogP contribution is 2.30.